The summed E-state index contributed by atoms with van der Waals surface area (Å²) in [5.41, 5.74) is 7.60. The van der Waals surface area contributed by atoms with Crippen LogP contribution in [0.15, 0.2) is 22.7 Å². The van der Waals surface area contributed by atoms with Crippen molar-refractivity contribution in [3.05, 3.63) is 28.2 Å². The van der Waals surface area contributed by atoms with Crippen LogP contribution in [0.5, 0.6) is 0 Å². The zero-order chi connectivity index (χ0) is 12.8. The number of hydrogen-bond donors (Lipinski definition) is 2. The van der Waals surface area contributed by atoms with Crippen LogP contribution < -0.4 is 11.1 Å². The first-order chi connectivity index (χ1) is 8.04. The molecule has 0 spiro atoms. The van der Waals surface area contributed by atoms with E-state index in [4.69, 9.17) is 5.73 Å². The minimum atomic E-state index is 0.0371. The topological polar surface area (TPSA) is 58.4 Å². The van der Waals surface area contributed by atoms with Crippen molar-refractivity contribution in [1.82, 2.24) is 10.2 Å². The summed E-state index contributed by atoms with van der Waals surface area (Å²) in [5.74, 6) is 0.0371. The van der Waals surface area contributed by atoms with Crippen LogP contribution in [0, 0.1) is 0 Å². The Morgan fingerprint density at radius 2 is 2.24 bits per heavy atom. The second-order valence-electron chi connectivity index (χ2n) is 3.95. The summed E-state index contributed by atoms with van der Waals surface area (Å²) in [6, 6.07) is 5.75. The van der Waals surface area contributed by atoms with Gasteiger partial charge in [-0.1, -0.05) is 12.1 Å². The minimum absolute atomic E-state index is 0.0371. The third-order valence-electron chi connectivity index (χ3n) is 2.34. The Morgan fingerprint density at radius 1 is 1.53 bits per heavy atom. The van der Waals surface area contributed by atoms with Gasteiger partial charge in [0.05, 0.1) is 6.54 Å². The molecule has 0 aliphatic rings. The lowest BCUT2D eigenvalue weighted by Crippen LogP contribution is -2.34. The van der Waals surface area contributed by atoms with Crippen LogP contribution in [-0.2, 0) is 11.3 Å². The van der Waals surface area contributed by atoms with Gasteiger partial charge in [-0.2, -0.15) is 0 Å². The number of anilines is 1. The molecule has 94 valence electrons. The number of carbonyl (C=O) groups excluding carboxylic acids is 1. The predicted octanol–water partition coefficient (Wildman–Crippen LogP) is 1.60. The highest BCUT2D eigenvalue weighted by Gasteiger charge is 2.09. The summed E-state index contributed by atoms with van der Waals surface area (Å²) in [4.78, 5) is 13.4. The molecule has 0 saturated heterocycles. The molecule has 0 aliphatic carbocycles. The normalized spacial score (nSPS) is 10.6. The van der Waals surface area contributed by atoms with Crippen LogP contribution in [0.3, 0.4) is 0 Å². The number of halogens is 1. The van der Waals surface area contributed by atoms with Crippen molar-refractivity contribution >= 4 is 27.5 Å². The van der Waals surface area contributed by atoms with Crippen LogP contribution in [0.1, 0.15) is 12.5 Å². The maximum absolute atomic E-state index is 11.4. The van der Waals surface area contributed by atoms with Crippen LogP contribution in [-0.4, -0.2) is 30.9 Å². The number of nitrogens with two attached hydrogens (primary N) is 1. The first-order valence-electron chi connectivity index (χ1n) is 5.52. The molecule has 0 fully saturated rings. The van der Waals surface area contributed by atoms with E-state index < -0.39 is 0 Å². The Hall–Kier alpha value is -1.07. The number of hydrogen-bond acceptors (Lipinski definition) is 3. The van der Waals surface area contributed by atoms with Crippen LogP contribution in [0.4, 0.5) is 5.69 Å². The molecule has 0 unspecified atom stereocenters. The Bertz CT molecular complexity index is 395. The lowest BCUT2D eigenvalue weighted by molar-refractivity contribution is -0.121. The van der Waals surface area contributed by atoms with E-state index in [2.05, 4.69) is 21.2 Å². The zero-order valence-electron chi connectivity index (χ0n) is 10.2. The summed E-state index contributed by atoms with van der Waals surface area (Å²) in [5, 5.41) is 2.77. The van der Waals surface area contributed by atoms with Crippen molar-refractivity contribution in [2.75, 3.05) is 25.9 Å². The maximum Gasteiger partial charge on any atom is 0.234 e. The number of nitrogens with one attached hydrogen (secondary N) is 1. The molecule has 0 saturated carbocycles. The quantitative estimate of drug-likeness (QED) is 0.812. The molecular weight excluding hydrogens is 282 g/mol. The van der Waals surface area contributed by atoms with Gasteiger partial charge >= 0.3 is 0 Å². The van der Waals surface area contributed by atoms with Crippen molar-refractivity contribution in [1.29, 1.82) is 0 Å². The molecule has 0 bridgehead atoms. The van der Waals surface area contributed by atoms with Gasteiger partial charge in [0, 0.05) is 23.2 Å². The van der Waals surface area contributed by atoms with Crippen molar-refractivity contribution in [2.24, 2.45) is 0 Å². The van der Waals surface area contributed by atoms with Gasteiger partial charge in [-0.25, -0.2) is 0 Å². The second kappa shape index (κ2) is 6.61. The first kappa shape index (κ1) is 14.0. The molecular formula is C12H18BrN3O. The largest absolute Gasteiger partial charge is 0.398 e. The van der Waals surface area contributed by atoms with Crippen molar-refractivity contribution < 1.29 is 4.79 Å². The van der Waals surface area contributed by atoms with E-state index in [0.29, 0.717) is 25.3 Å². The highest BCUT2D eigenvalue weighted by atomic mass is 79.9. The Labute approximate surface area is 110 Å². The van der Waals surface area contributed by atoms with Gasteiger partial charge in [0.25, 0.3) is 0 Å². The summed E-state index contributed by atoms with van der Waals surface area (Å²) in [7, 11) is 1.91. The summed E-state index contributed by atoms with van der Waals surface area (Å²) in [6.45, 7) is 3.64. The van der Waals surface area contributed by atoms with Gasteiger partial charge < -0.3 is 11.1 Å². The Balaban J connectivity index is 2.59. The summed E-state index contributed by atoms with van der Waals surface area (Å²) >= 11 is 3.45. The molecule has 1 amide bonds. The molecule has 5 heteroatoms. The molecule has 0 aliphatic heterocycles. The van der Waals surface area contributed by atoms with E-state index in [1.807, 2.05) is 37.1 Å². The number of nitrogens with zero attached hydrogens (tertiary/aromatic N) is 1. The average molecular weight is 300 g/mol. The minimum Gasteiger partial charge on any atom is -0.398 e. The molecule has 1 rings (SSSR count). The van der Waals surface area contributed by atoms with Gasteiger partial charge in [0.2, 0.25) is 5.91 Å². The van der Waals surface area contributed by atoms with Crippen molar-refractivity contribution in [3.63, 3.8) is 0 Å². The first-order valence-corrected chi connectivity index (χ1v) is 6.32. The standard InChI is InChI=1S/C12H18BrN3O/c1-3-15-11(17)8-16(2)7-9-5-4-6-10(14)12(9)13/h4-6H,3,7-8,14H2,1-2H3,(H,15,17). The third-order valence-corrected chi connectivity index (χ3v) is 3.30. The van der Waals surface area contributed by atoms with E-state index >= 15 is 0 Å². The fraction of sp³-hybridized carbons (Fsp3) is 0.417. The fourth-order valence-corrected chi connectivity index (χ4v) is 1.96. The number of carbonyl (C=O) groups is 1. The van der Waals surface area contributed by atoms with E-state index in [9.17, 15) is 4.79 Å². The molecule has 17 heavy (non-hydrogen) atoms. The second-order valence-corrected chi connectivity index (χ2v) is 4.74. The highest BCUT2D eigenvalue weighted by Crippen LogP contribution is 2.24. The predicted molar refractivity (Wildman–Crippen MR) is 73.6 cm³/mol. The molecule has 3 N–H and O–H groups in total. The maximum atomic E-state index is 11.4. The van der Waals surface area contributed by atoms with Gasteiger partial charge in [-0.15, -0.1) is 0 Å². The van der Waals surface area contributed by atoms with Gasteiger partial charge in [-0.05, 0) is 41.5 Å². The lowest BCUT2D eigenvalue weighted by atomic mass is 10.2. The van der Waals surface area contributed by atoms with Crippen molar-refractivity contribution in [3.8, 4) is 0 Å². The van der Waals surface area contributed by atoms with E-state index in [0.717, 1.165) is 10.0 Å². The molecule has 0 heterocycles. The number of benzene rings is 1. The molecule has 0 atom stereocenters. The molecule has 0 aromatic heterocycles. The van der Waals surface area contributed by atoms with Crippen LogP contribution >= 0.6 is 15.9 Å². The van der Waals surface area contributed by atoms with Gasteiger partial charge in [-0.3, -0.25) is 9.69 Å². The zero-order valence-corrected chi connectivity index (χ0v) is 11.8. The van der Waals surface area contributed by atoms with Crippen LogP contribution in [0.2, 0.25) is 0 Å². The number of likely N-dealkylation sites (N-methyl/N-ethyl adjacent to an activating group) is 2. The van der Waals surface area contributed by atoms with Crippen molar-refractivity contribution in [2.45, 2.75) is 13.5 Å². The number of rotatable bonds is 5. The van der Waals surface area contributed by atoms with E-state index in [1.165, 1.54) is 0 Å². The third kappa shape index (κ3) is 4.36. The number of nitrogen functional groups attached to an aromatic ring is 1. The number of amides is 1. The summed E-state index contributed by atoms with van der Waals surface area (Å²) < 4.78 is 0.905. The van der Waals surface area contributed by atoms with Crippen LogP contribution in [0.25, 0.3) is 0 Å². The summed E-state index contributed by atoms with van der Waals surface area (Å²) in [6.07, 6.45) is 0. The molecule has 0 radical (unpaired) electrons. The highest BCUT2D eigenvalue weighted by molar-refractivity contribution is 9.10. The molecule has 1 aromatic rings. The van der Waals surface area contributed by atoms with Gasteiger partial charge in [0.1, 0.15) is 0 Å². The Morgan fingerprint density at radius 3 is 2.88 bits per heavy atom. The fourth-order valence-electron chi connectivity index (χ4n) is 1.57. The SMILES string of the molecule is CCNC(=O)CN(C)Cc1cccc(N)c1Br. The van der Waals surface area contributed by atoms with E-state index in [-0.39, 0.29) is 5.91 Å². The molecule has 4 nitrogen and oxygen atoms in total. The molecule has 1 aromatic carbocycles. The lowest BCUT2D eigenvalue weighted by Gasteiger charge is -2.17. The average Bonchev–Trinajstić information content (AvgIpc) is 2.25. The Kier molecular flexibility index (Phi) is 5.44. The van der Waals surface area contributed by atoms with E-state index in [1.54, 1.807) is 0 Å². The monoisotopic (exact) mass is 299 g/mol. The smallest absolute Gasteiger partial charge is 0.234 e. The van der Waals surface area contributed by atoms with Gasteiger partial charge in [0.15, 0.2) is 0 Å².